The Balaban J connectivity index is 2.24. The number of carbonyl (C=O) groups is 2. The fourth-order valence-electron chi connectivity index (χ4n) is 2.07. The van der Waals surface area contributed by atoms with Gasteiger partial charge in [0.2, 0.25) is 5.89 Å². The molecule has 0 bridgehead atoms. The second-order valence-electron chi connectivity index (χ2n) is 4.90. The van der Waals surface area contributed by atoms with Crippen LogP contribution in [-0.4, -0.2) is 29.4 Å². The number of ether oxygens (including phenoxy) is 1. The smallest absolute Gasteiger partial charge is 0.411 e. The Hall–Kier alpha value is -2.81. The lowest BCUT2D eigenvalue weighted by atomic mass is 10.2. The van der Waals surface area contributed by atoms with Gasteiger partial charge in [-0.05, 0) is 40.5 Å². The molecule has 0 spiro atoms. The summed E-state index contributed by atoms with van der Waals surface area (Å²) in [5.41, 5.74) is 1.24. The normalized spacial score (nSPS) is 11.4. The summed E-state index contributed by atoms with van der Waals surface area (Å²) in [6, 6.07) is 4.47. The molecule has 0 aliphatic carbocycles. The highest BCUT2D eigenvalue weighted by Crippen LogP contribution is 2.32. The number of hydrogen-bond acceptors (Lipinski definition) is 5. The zero-order chi connectivity index (χ0) is 18.4. The number of amides is 2. The molecule has 2 amide bonds. The predicted octanol–water partition coefficient (Wildman–Crippen LogP) is 4.17. The molecule has 1 heterocycles. The van der Waals surface area contributed by atoms with Crippen LogP contribution in [0.25, 0.3) is 11.3 Å². The molecule has 3 N–H and O–H groups in total. The van der Waals surface area contributed by atoms with Gasteiger partial charge in [-0.1, -0.05) is 6.08 Å². The fourth-order valence-corrected chi connectivity index (χ4v) is 2.65. The average molecular weight is 410 g/mol. The molecule has 2 aromatic rings. The standard InChI is InChI=1S/C16H16BrN3O5/c1-3-4-12(20-15(21)22)14-18-8-13(25-14)10-6-5-9(7-11(10)17)19-16(23)24-2/h3,5-8,12,20H,1,4H2,2H3,(H,19,23)(H,21,22)/t12-/m0/s1. The van der Waals surface area contributed by atoms with E-state index in [-0.39, 0.29) is 5.89 Å². The molecular formula is C16H16BrN3O5. The Morgan fingerprint density at radius 1 is 1.52 bits per heavy atom. The van der Waals surface area contributed by atoms with Gasteiger partial charge in [-0.3, -0.25) is 5.32 Å². The molecule has 0 aliphatic heterocycles. The molecule has 25 heavy (non-hydrogen) atoms. The molecule has 1 atom stereocenters. The van der Waals surface area contributed by atoms with Crippen LogP contribution in [0.15, 0.2) is 45.9 Å². The van der Waals surface area contributed by atoms with Gasteiger partial charge in [0.25, 0.3) is 0 Å². The van der Waals surface area contributed by atoms with E-state index in [9.17, 15) is 9.59 Å². The van der Waals surface area contributed by atoms with Crippen molar-refractivity contribution in [2.75, 3.05) is 12.4 Å². The van der Waals surface area contributed by atoms with Crippen molar-refractivity contribution in [1.82, 2.24) is 10.3 Å². The van der Waals surface area contributed by atoms with Crippen LogP contribution in [0.1, 0.15) is 18.4 Å². The van der Waals surface area contributed by atoms with Crippen LogP contribution in [0.3, 0.4) is 0 Å². The lowest BCUT2D eigenvalue weighted by Crippen LogP contribution is -2.26. The highest BCUT2D eigenvalue weighted by Gasteiger charge is 2.19. The zero-order valence-electron chi connectivity index (χ0n) is 13.3. The van der Waals surface area contributed by atoms with Gasteiger partial charge < -0.3 is 19.6 Å². The third-order valence-corrected chi connectivity index (χ3v) is 3.84. The van der Waals surface area contributed by atoms with Gasteiger partial charge in [0.05, 0.1) is 13.3 Å². The van der Waals surface area contributed by atoms with E-state index in [0.717, 1.165) is 0 Å². The van der Waals surface area contributed by atoms with Crippen molar-refractivity contribution in [2.24, 2.45) is 0 Å². The minimum Gasteiger partial charge on any atom is -0.465 e. The van der Waals surface area contributed by atoms with Crippen LogP contribution in [0.5, 0.6) is 0 Å². The molecular weight excluding hydrogens is 394 g/mol. The van der Waals surface area contributed by atoms with Crippen LogP contribution in [-0.2, 0) is 4.74 Å². The van der Waals surface area contributed by atoms with E-state index in [0.29, 0.717) is 27.9 Å². The third-order valence-electron chi connectivity index (χ3n) is 3.19. The molecule has 0 saturated heterocycles. The number of halogens is 1. The fraction of sp³-hybridized carbons (Fsp3) is 0.188. The molecule has 8 nitrogen and oxygen atoms in total. The van der Waals surface area contributed by atoms with Crippen molar-refractivity contribution in [2.45, 2.75) is 12.5 Å². The van der Waals surface area contributed by atoms with Crippen molar-refractivity contribution >= 4 is 33.8 Å². The van der Waals surface area contributed by atoms with Gasteiger partial charge in [-0.2, -0.15) is 0 Å². The van der Waals surface area contributed by atoms with Crippen LogP contribution >= 0.6 is 15.9 Å². The number of anilines is 1. The topological polar surface area (TPSA) is 114 Å². The van der Waals surface area contributed by atoms with Crippen molar-refractivity contribution in [3.63, 3.8) is 0 Å². The van der Waals surface area contributed by atoms with E-state index in [1.54, 1.807) is 24.3 Å². The molecule has 0 saturated carbocycles. The van der Waals surface area contributed by atoms with Gasteiger partial charge >= 0.3 is 12.2 Å². The van der Waals surface area contributed by atoms with Crippen molar-refractivity contribution in [3.8, 4) is 11.3 Å². The Labute approximate surface area is 152 Å². The summed E-state index contributed by atoms with van der Waals surface area (Å²) in [7, 11) is 1.28. The van der Waals surface area contributed by atoms with E-state index >= 15 is 0 Å². The number of rotatable bonds is 6. The maximum absolute atomic E-state index is 11.2. The molecule has 132 valence electrons. The summed E-state index contributed by atoms with van der Waals surface area (Å²) in [6.45, 7) is 3.60. The van der Waals surface area contributed by atoms with Crippen LogP contribution < -0.4 is 10.6 Å². The lowest BCUT2D eigenvalue weighted by molar-refractivity contribution is 0.186. The third kappa shape index (κ3) is 4.83. The van der Waals surface area contributed by atoms with Gasteiger partial charge in [0.15, 0.2) is 5.76 Å². The Bertz CT molecular complexity index is 790. The molecule has 0 fully saturated rings. The van der Waals surface area contributed by atoms with E-state index in [2.05, 4.69) is 42.9 Å². The van der Waals surface area contributed by atoms with Gasteiger partial charge in [-0.25, -0.2) is 14.6 Å². The Morgan fingerprint density at radius 2 is 2.28 bits per heavy atom. The number of hydrogen-bond donors (Lipinski definition) is 3. The molecule has 1 aromatic carbocycles. The van der Waals surface area contributed by atoms with E-state index < -0.39 is 18.2 Å². The predicted molar refractivity (Wildman–Crippen MR) is 94.4 cm³/mol. The number of oxazole rings is 1. The molecule has 2 rings (SSSR count). The number of benzene rings is 1. The molecule has 0 unspecified atom stereocenters. The van der Waals surface area contributed by atoms with Crippen LogP contribution in [0.2, 0.25) is 0 Å². The largest absolute Gasteiger partial charge is 0.465 e. The highest BCUT2D eigenvalue weighted by atomic mass is 79.9. The summed E-state index contributed by atoms with van der Waals surface area (Å²) in [5.74, 6) is 0.689. The number of methoxy groups -OCH3 is 1. The summed E-state index contributed by atoms with van der Waals surface area (Å²) in [5, 5.41) is 13.8. The average Bonchev–Trinajstić information content (AvgIpc) is 3.03. The quantitative estimate of drug-likeness (QED) is 0.616. The number of aromatic nitrogens is 1. The number of carbonyl (C=O) groups excluding carboxylic acids is 1. The number of nitrogens with zero attached hydrogens (tertiary/aromatic N) is 1. The lowest BCUT2D eigenvalue weighted by Gasteiger charge is -2.10. The second-order valence-corrected chi connectivity index (χ2v) is 5.75. The first-order valence-electron chi connectivity index (χ1n) is 7.15. The van der Waals surface area contributed by atoms with Crippen LogP contribution in [0.4, 0.5) is 15.3 Å². The van der Waals surface area contributed by atoms with E-state index in [1.807, 2.05) is 0 Å². The Morgan fingerprint density at radius 3 is 2.88 bits per heavy atom. The van der Waals surface area contributed by atoms with Gasteiger partial charge in [0.1, 0.15) is 6.04 Å². The minimum absolute atomic E-state index is 0.237. The van der Waals surface area contributed by atoms with Gasteiger partial charge in [-0.15, -0.1) is 6.58 Å². The molecule has 1 aromatic heterocycles. The van der Waals surface area contributed by atoms with Crippen molar-refractivity contribution in [3.05, 3.63) is 47.4 Å². The van der Waals surface area contributed by atoms with Gasteiger partial charge in [0, 0.05) is 15.7 Å². The number of carboxylic acid groups (broad SMARTS) is 1. The Kier molecular flexibility index (Phi) is 6.18. The maximum Gasteiger partial charge on any atom is 0.411 e. The second kappa shape index (κ2) is 8.34. The summed E-state index contributed by atoms with van der Waals surface area (Å²) < 4.78 is 10.9. The molecule has 9 heteroatoms. The SMILES string of the molecule is C=CC[C@H](NC(=O)O)c1ncc(-c2ccc(NC(=O)OC)cc2Br)o1. The minimum atomic E-state index is -1.17. The summed E-state index contributed by atoms with van der Waals surface area (Å²) in [6.07, 6.45) is 1.67. The van der Waals surface area contributed by atoms with Crippen molar-refractivity contribution < 1.29 is 23.8 Å². The maximum atomic E-state index is 11.2. The van der Waals surface area contributed by atoms with Crippen molar-refractivity contribution in [1.29, 1.82) is 0 Å². The van der Waals surface area contributed by atoms with E-state index in [1.165, 1.54) is 13.3 Å². The van der Waals surface area contributed by atoms with Crippen LogP contribution in [0, 0.1) is 0 Å². The number of nitrogens with one attached hydrogen (secondary N) is 2. The molecule has 0 radical (unpaired) electrons. The molecule has 0 aliphatic rings. The van der Waals surface area contributed by atoms with E-state index in [4.69, 9.17) is 9.52 Å². The highest BCUT2D eigenvalue weighted by molar-refractivity contribution is 9.10. The monoisotopic (exact) mass is 409 g/mol. The first kappa shape index (κ1) is 18.5. The first-order chi connectivity index (χ1) is 11.9. The zero-order valence-corrected chi connectivity index (χ0v) is 14.9. The summed E-state index contributed by atoms with van der Waals surface area (Å²) >= 11 is 3.41. The first-order valence-corrected chi connectivity index (χ1v) is 7.95. The summed E-state index contributed by atoms with van der Waals surface area (Å²) in [4.78, 5) is 26.2.